The summed E-state index contributed by atoms with van der Waals surface area (Å²) in [7, 11) is 1.41. The highest BCUT2D eigenvalue weighted by molar-refractivity contribution is 6.24. The van der Waals surface area contributed by atoms with E-state index in [9.17, 15) is 34.8 Å². The molecule has 3 aliphatic carbocycles. The molecule has 10 nitrogen and oxygen atoms in total. The summed E-state index contributed by atoms with van der Waals surface area (Å²) in [5.74, 6) is -7.00. The molecule has 30 heavy (non-hydrogen) atoms. The largest absolute Gasteiger partial charge is 0.510 e. The van der Waals surface area contributed by atoms with Gasteiger partial charge in [0.05, 0.1) is 18.7 Å². The Labute approximate surface area is 170 Å². The van der Waals surface area contributed by atoms with Crippen molar-refractivity contribution in [2.75, 3.05) is 7.11 Å². The number of ether oxygens (including phenoxy) is 1. The highest BCUT2D eigenvalue weighted by atomic mass is 16.5. The fraction of sp³-hybridized carbons (Fsp3) is 0.350. The van der Waals surface area contributed by atoms with Crippen LogP contribution in [0.3, 0.4) is 0 Å². The molecule has 158 valence electrons. The first kappa shape index (κ1) is 19.9. The molecule has 1 aromatic rings. The second kappa shape index (κ2) is 6.31. The average molecular weight is 416 g/mol. The van der Waals surface area contributed by atoms with Crippen molar-refractivity contribution in [1.82, 2.24) is 0 Å². The third-order valence-corrected chi connectivity index (χ3v) is 6.31. The minimum absolute atomic E-state index is 0.0527. The predicted octanol–water partition coefficient (Wildman–Crippen LogP) is -0.474. The van der Waals surface area contributed by atoms with Gasteiger partial charge < -0.3 is 36.6 Å². The van der Waals surface area contributed by atoms with Crippen LogP contribution in [0.15, 0.2) is 34.8 Å². The number of Topliss-reactive ketones (excluding diaryl/α,β-unsaturated/α-hetero) is 2. The number of amides is 1. The van der Waals surface area contributed by atoms with Crippen LogP contribution in [0.5, 0.6) is 11.5 Å². The summed E-state index contributed by atoms with van der Waals surface area (Å²) in [5.41, 5.74) is 7.59. The van der Waals surface area contributed by atoms with Crippen molar-refractivity contribution in [2.24, 2.45) is 23.3 Å². The summed E-state index contributed by atoms with van der Waals surface area (Å²) in [6.45, 7) is 0. The standard InChI is InChI=1S/C20H20N2O8/c1-30-10-3-2-9(23)12-7(10)4-6-5-8-14(21)16(25)13(19(22)28)18(27)20(8,29)17(26)11(6)15(12)24/h2-3,6,8,14,23,25-26,29H,4-5,21H2,1H3,(H2,22,28)/t6-,8-,14-,20-/m0/s1. The van der Waals surface area contributed by atoms with E-state index < -0.39 is 58.0 Å². The van der Waals surface area contributed by atoms with Gasteiger partial charge in [-0.15, -0.1) is 0 Å². The fourth-order valence-electron chi connectivity index (χ4n) is 4.88. The summed E-state index contributed by atoms with van der Waals surface area (Å²) in [5, 5.41) is 42.6. The van der Waals surface area contributed by atoms with Crippen LogP contribution in [0.2, 0.25) is 0 Å². The second-order valence-electron chi connectivity index (χ2n) is 7.72. The Hall–Kier alpha value is -3.37. The molecule has 8 N–H and O–H groups in total. The number of phenols is 1. The number of rotatable bonds is 2. The molecule has 4 atom stereocenters. The molecule has 0 heterocycles. The van der Waals surface area contributed by atoms with Gasteiger partial charge in [0, 0.05) is 17.1 Å². The number of primary amides is 1. The molecule has 4 rings (SSSR count). The first-order valence-corrected chi connectivity index (χ1v) is 9.18. The highest BCUT2D eigenvalue weighted by Gasteiger charge is 2.62. The molecule has 1 amide bonds. The van der Waals surface area contributed by atoms with Gasteiger partial charge in [-0.3, -0.25) is 14.4 Å². The molecule has 0 spiro atoms. The smallest absolute Gasteiger partial charge is 0.255 e. The van der Waals surface area contributed by atoms with Crippen molar-refractivity contribution in [2.45, 2.75) is 24.5 Å². The van der Waals surface area contributed by atoms with Crippen LogP contribution in [-0.4, -0.2) is 56.7 Å². The van der Waals surface area contributed by atoms with Gasteiger partial charge in [-0.2, -0.15) is 0 Å². The molecule has 1 aromatic carbocycles. The van der Waals surface area contributed by atoms with E-state index in [-0.39, 0.29) is 29.7 Å². The van der Waals surface area contributed by atoms with Crippen molar-refractivity contribution < 1.29 is 39.5 Å². The van der Waals surface area contributed by atoms with Crippen molar-refractivity contribution in [3.63, 3.8) is 0 Å². The minimum atomic E-state index is -2.70. The second-order valence-corrected chi connectivity index (χ2v) is 7.72. The van der Waals surface area contributed by atoms with Crippen LogP contribution in [-0.2, 0) is 16.0 Å². The topological polar surface area (TPSA) is 193 Å². The van der Waals surface area contributed by atoms with Gasteiger partial charge in [0.15, 0.2) is 11.4 Å². The van der Waals surface area contributed by atoms with E-state index in [2.05, 4.69) is 0 Å². The molecule has 0 bridgehead atoms. The highest BCUT2D eigenvalue weighted by Crippen LogP contribution is 2.51. The van der Waals surface area contributed by atoms with E-state index >= 15 is 0 Å². The molecule has 0 saturated heterocycles. The van der Waals surface area contributed by atoms with Crippen molar-refractivity contribution in [1.29, 1.82) is 0 Å². The van der Waals surface area contributed by atoms with Crippen LogP contribution in [0, 0.1) is 11.8 Å². The van der Waals surface area contributed by atoms with Crippen LogP contribution in [0.1, 0.15) is 22.3 Å². The van der Waals surface area contributed by atoms with Gasteiger partial charge >= 0.3 is 0 Å². The van der Waals surface area contributed by atoms with E-state index in [1.165, 1.54) is 19.2 Å². The first-order chi connectivity index (χ1) is 14.0. The Kier molecular flexibility index (Phi) is 4.19. The molecular weight excluding hydrogens is 396 g/mol. The van der Waals surface area contributed by atoms with Crippen molar-refractivity contribution in [3.8, 4) is 11.5 Å². The maximum absolute atomic E-state index is 13.2. The van der Waals surface area contributed by atoms with Crippen molar-refractivity contribution >= 4 is 17.5 Å². The molecule has 10 heteroatoms. The molecule has 0 aromatic heterocycles. The van der Waals surface area contributed by atoms with Crippen LogP contribution < -0.4 is 16.2 Å². The van der Waals surface area contributed by atoms with Crippen LogP contribution in [0.25, 0.3) is 0 Å². The van der Waals surface area contributed by atoms with Gasteiger partial charge in [0.1, 0.15) is 28.6 Å². The SMILES string of the molecule is COc1ccc(O)c2c1C[C@H]1C[C@H]3[C@H](N)C(O)=C(C(N)=O)C(=O)[C@@]3(O)C(O)=C1C2=O. The zero-order valence-corrected chi connectivity index (χ0v) is 15.9. The summed E-state index contributed by atoms with van der Waals surface area (Å²) in [6, 6.07) is 1.39. The third kappa shape index (κ3) is 2.28. The van der Waals surface area contributed by atoms with E-state index in [0.29, 0.717) is 11.3 Å². The molecule has 0 saturated carbocycles. The molecule has 3 aliphatic rings. The number of aliphatic hydroxyl groups excluding tert-OH is 2. The Bertz CT molecular complexity index is 1090. The Morgan fingerprint density at radius 1 is 1.23 bits per heavy atom. The number of ketones is 2. The number of benzene rings is 1. The third-order valence-electron chi connectivity index (χ3n) is 6.31. The number of carbonyl (C=O) groups excluding carboxylic acids is 3. The zero-order valence-electron chi connectivity index (χ0n) is 15.9. The molecule has 0 aliphatic heterocycles. The number of hydrogen-bond acceptors (Lipinski definition) is 9. The summed E-state index contributed by atoms with van der Waals surface area (Å²) < 4.78 is 5.28. The number of hydrogen-bond donors (Lipinski definition) is 6. The van der Waals surface area contributed by atoms with Gasteiger partial charge in [0.2, 0.25) is 5.78 Å². The van der Waals surface area contributed by atoms with Crippen LogP contribution in [0.4, 0.5) is 0 Å². The number of nitrogens with two attached hydrogens (primary N) is 2. The average Bonchev–Trinajstić information content (AvgIpc) is 2.68. The lowest BCUT2D eigenvalue weighted by atomic mass is 9.59. The number of phenolic OH excluding ortho intramolecular Hbond substituents is 1. The number of fused-ring (bicyclic) bond motifs is 3. The Balaban J connectivity index is 1.95. The summed E-state index contributed by atoms with van der Waals surface area (Å²) in [6.07, 6.45) is 0.0988. The van der Waals surface area contributed by atoms with E-state index in [1.54, 1.807) is 0 Å². The zero-order chi connectivity index (χ0) is 22.1. The molecular formula is C20H20N2O8. The fourth-order valence-corrected chi connectivity index (χ4v) is 4.88. The van der Waals surface area contributed by atoms with E-state index in [4.69, 9.17) is 16.2 Å². The lowest BCUT2D eigenvalue weighted by molar-refractivity contribution is -0.145. The lowest BCUT2D eigenvalue weighted by Gasteiger charge is -2.47. The van der Waals surface area contributed by atoms with Gasteiger partial charge in [-0.1, -0.05) is 0 Å². The number of methoxy groups -OCH3 is 1. The quantitative estimate of drug-likeness (QED) is 0.345. The Morgan fingerprint density at radius 3 is 2.50 bits per heavy atom. The summed E-state index contributed by atoms with van der Waals surface area (Å²) in [4.78, 5) is 37.8. The number of allylic oxidation sites excluding steroid dienone is 1. The molecule has 0 unspecified atom stereocenters. The van der Waals surface area contributed by atoms with Crippen LogP contribution >= 0.6 is 0 Å². The number of carbonyl (C=O) groups is 3. The lowest BCUT2D eigenvalue weighted by Crippen LogP contribution is -2.63. The van der Waals surface area contributed by atoms with Gasteiger partial charge in [0.25, 0.3) is 5.91 Å². The van der Waals surface area contributed by atoms with Gasteiger partial charge in [-0.25, -0.2) is 0 Å². The predicted molar refractivity (Wildman–Crippen MR) is 101 cm³/mol. The number of aromatic hydroxyl groups is 1. The maximum Gasteiger partial charge on any atom is 0.255 e. The number of aliphatic hydroxyl groups is 3. The molecule has 0 radical (unpaired) electrons. The minimum Gasteiger partial charge on any atom is -0.510 e. The molecule has 0 fully saturated rings. The summed E-state index contributed by atoms with van der Waals surface area (Å²) >= 11 is 0. The maximum atomic E-state index is 13.2. The Morgan fingerprint density at radius 2 is 1.90 bits per heavy atom. The normalized spacial score (nSPS) is 30.6. The monoisotopic (exact) mass is 416 g/mol. The van der Waals surface area contributed by atoms with E-state index in [1.807, 2.05) is 0 Å². The van der Waals surface area contributed by atoms with E-state index in [0.717, 1.165) is 0 Å². The van der Waals surface area contributed by atoms with Gasteiger partial charge in [-0.05, 0) is 30.9 Å². The van der Waals surface area contributed by atoms with Crippen molar-refractivity contribution in [3.05, 3.63) is 45.9 Å². The first-order valence-electron chi connectivity index (χ1n) is 9.18.